The highest BCUT2D eigenvalue weighted by molar-refractivity contribution is 5.95. The molecule has 0 fully saturated rings. The van der Waals surface area contributed by atoms with Gasteiger partial charge in [0.05, 0.1) is 12.7 Å². The molecule has 1 heterocycles. The third kappa shape index (κ3) is 4.96. The summed E-state index contributed by atoms with van der Waals surface area (Å²) in [4.78, 5) is 23.6. The maximum Gasteiger partial charge on any atom is 0.274 e. The first kappa shape index (κ1) is 16.1. The van der Waals surface area contributed by atoms with Crippen LogP contribution in [0, 0.1) is 5.92 Å². The number of rotatable bonds is 7. The Labute approximate surface area is 118 Å². The van der Waals surface area contributed by atoms with Crippen LogP contribution in [0.2, 0.25) is 0 Å². The van der Waals surface area contributed by atoms with Crippen molar-refractivity contribution in [1.29, 1.82) is 0 Å². The molecule has 0 aromatic carbocycles. The van der Waals surface area contributed by atoms with Crippen molar-refractivity contribution in [2.45, 2.75) is 33.4 Å². The molecule has 8 nitrogen and oxygen atoms in total. The van der Waals surface area contributed by atoms with Crippen molar-refractivity contribution in [3.05, 3.63) is 11.9 Å². The summed E-state index contributed by atoms with van der Waals surface area (Å²) < 4.78 is 1.48. The van der Waals surface area contributed by atoms with Gasteiger partial charge in [-0.3, -0.25) is 14.3 Å². The van der Waals surface area contributed by atoms with Gasteiger partial charge in [0.1, 0.15) is 6.04 Å². The van der Waals surface area contributed by atoms with E-state index in [2.05, 4.69) is 20.9 Å². The highest BCUT2D eigenvalue weighted by Gasteiger charge is 2.18. The van der Waals surface area contributed by atoms with E-state index in [9.17, 15) is 9.59 Å². The Morgan fingerprint density at radius 2 is 2.10 bits per heavy atom. The van der Waals surface area contributed by atoms with Gasteiger partial charge in [-0.25, -0.2) is 0 Å². The van der Waals surface area contributed by atoms with Crippen LogP contribution in [0.4, 0.5) is 0 Å². The van der Waals surface area contributed by atoms with Crippen LogP contribution in [-0.2, 0) is 11.3 Å². The second-order valence-electron chi connectivity index (χ2n) is 4.99. The number of aromatic nitrogens is 3. The average Bonchev–Trinajstić information content (AvgIpc) is 2.84. The molecule has 1 aromatic heterocycles. The first-order chi connectivity index (χ1) is 9.43. The van der Waals surface area contributed by atoms with E-state index in [-0.39, 0.29) is 11.6 Å². The molecule has 1 unspecified atom stereocenters. The van der Waals surface area contributed by atoms with Gasteiger partial charge >= 0.3 is 0 Å². The van der Waals surface area contributed by atoms with Gasteiger partial charge in [-0.1, -0.05) is 19.1 Å². The minimum atomic E-state index is -0.624. The minimum Gasteiger partial charge on any atom is -0.354 e. The van der Waals surface area contributed by atoms with E-state index in [4.69, 9.17) is 5.73 Å². The monoisotopic (exact) mass is 282 g/mol. The molecule has 4 N–H and O–H groups in total. The van der Waals surface area contributed by atoms with Gasteiger partial charge in [-0.05, 0) is 12.8 Å². The second-order valence-corrected chi connectivity index (χ2v) is 4.99. The summed E-state index contributed by atoms with van der Waals surface area (Å²) in [6.07, 6.45) is 1.50. The van der Waals surface area contributed by atoms with Crippen LogP contribution >= 0.6 is 0 Å². The molecule has 1 rings (SSSR count). The number of nitrogens with one attached hydrogen (secondary N) is 2. The fourth-order valence-corrected chi connectivity index (χ4v) is 1.44. The fourth-order valence-electron chi connectivity index (χ4n) is 1.44. The number of hydrogen-bond acceptors (Lipinski definition) is 5. The molecule has 1 aromatic rings. The van der Waals surface area contributed by atoms with Crippen molar-refractivity contribution in [3.8, 4) is 0 Å². The number of nitrogens with two attached hydrogens (primary N) is 1. The number of nitrogens with zero attached hydrogens (tertiary/aromatic N) is 3. The topological polar surface area (TPSA) is 115 Å². The molecule has 0 radical (unpaired) electrons. The van der Waals surface area contributed by atoms with Gasteiger partial charge in [0, 0.05) is 13.1 Å². The molecule has 0 aliphatic carbocycles. The van der Waals surface area contributed by atoms with Crippen LogP contribution in [0.25, 0.3) is 0 Å². The largest absolute Gasteiger partial charge is 0.354 e. The average molecular weight is 282 g/mol. The summed E-state index contributed by atoms with van der Waals surface area (Å²) in [5.41, 5.74) is 5.55. The van der Waals surface area contributed by atoms with Crippen molar-refractivity contribution < 1.29 is 9.59 Å². The van der Waals surface area contributed by atoms with E-state index in [1.165, 1.54) is 10.9 Å². The first-order valence-corrected chi connectivity index (χ1v) is 6.62. The van der Waals surface area contributed by atoms with Crippen molar-refractivity contribution >= 4 is 11.8 Å². The van der Waals surface area contributed by atoms with Crippen LogP contribution in [0.5, 0.6) is 0 Å². The van der Waals surface area contributed by atoms with Crippen molar-refractivity contribution in [1.82, 2.24) is 25.6 Å². The van der Waals surface area contributed by atoms with Gasteiger partial charge in [-0.2, -0.15) is 0 Å². The third-order valence-corrected chi connectivity index (χ3v) is 2.55. The highest BCUT2D eigenvalue weighted by Crippen LogP contribution is 1.95. The summed E-state index contributed by atoms with van der Waals surface area (Å²) in [7, 11) is 0. The van der Waals surface area contributed by atoms with E-state index in [1.54, 1.807) is 6.92 Å². The SMILES string of the molecule is CC(C)CNC(=O)C(C)NC(=O)c1cn(CCN)nn1. The Morgan fingerprint density at radius 1 is 1.40 bits per heavy atom. The molecule has 112 valence electrons. The summed E-state index contributed by atoms with van der Waals surface area (Å²) >= 11 is 0. The summed E-state index contributed by atoms with van der Waals surface area (Å²) in [6.45, 7) is 7.10. The fraction of sp³-hybridized carbons (Fsp3) is 0.667. The van der Waals surface area contributed by atoms with E-state index in [1.807, 2.05) is 13.8 Å². The van der Waals surface area contributed by atoms with Gasteiger partial charge in [0.15, 0.2) is 5.69 Å². The lowest BCUT2D eigenvalue weighted by Crippen LogP contribution is -2.45. The smallest absolute Gasteiger partial charge is 0.274 e. The Bertz CT molecular complexity index is 457. The Morgan fingerprint density at radius 3 is 2.70 bits per heavy atom. The van der Waals surface area contributed by atoms with E-state index >= 15 is 0 Å². The predicted molar refractivity (Wildman–Crippen MR) is 73.9 cm³/mol. The number of amides is 2. The lowest BCUT2D eigenvalue weighted by atomic mass is 10.2. The van der Waals surface area contributed by atoms with Crippen molar-refractivity contribution in [3.63, 3.8) is 0 Å². The molecular weight excluding hydrogens is 260 g/mol. The highest BCUT2D eigenvalue weighted by atomic mass is 16.2. The maximum absolute atomic E-state index is 11.9. The Balaban J connectivity index is 2.49. The van der Waals surface area contributed by atoms with Crippen molar-refractivity contribution in [2.24, 2.45) is 11.7 Å². The second kappa shape index (κ2) is 7.59. The molecular formula is C12H22N6O2. The zero-order chi connectivity index (χ0) is 15.1. The molecule has 0 aliphatic heterocycles. The van der Waals surface area contributed by atoms with Crippen molar-refractivity contribution in [2.75, 3.05) is 13.1 Å². The predicted octanol–water partition coefficient (Wildman–Crippen LogP) is -0.873. The summed E-state index contributed by atoms with van der Waals surface area (Å²) in [5, 5.41) is 12.8. The van der Waals surface area contributed by atoms with E-state index < -0.39 is 11.9 Å². The van der Waals surface area contributed by atoms with Crippen LogP contribution in [-0.4, -0.2) is 45.9 Å². The number of hydrogen-bond donors (Lipinski definition) is 3. The molecule has 0 saturated carbocycles. The van der Waals surface area contributed by atoms with E-state index in [0.29, 0.717) is 25.6 Å². The lowest BCUT2D eigenvalue weighted by Gasteiger charge is -2.14. The zero-order valence-corrected chi connectivity index (χ0v) is 12.1. The molecule has 0 saturated heterocycles. The standard InChI is InChI=1S/C12H22N6O2/c1-8(2)6-14-11(19)9(3)15-12(20)10-7-18(5-4-13)17-16-10/h7-9H,4-6,13H2,1-3H3,(H,14,19)(H,15,20). The quantitative estimate of drug-likeness (QED) is 0.601. The number of carbonyl (C=O) groups is 2. The van der Waals surface area contributed by atoms with Gasteiger partial charge < -0.3 is 16.4 Å². The van der Waals surface area contributed by atoms with Crippen LogP contribution in [0.3, 0.4) is 0 Å². The Kier molecular flexibility index (Phi) is 6.10. The molecule has 20 heavy (non-hydrogen) atoms. The van der Waals surface area contributed by atoms with Gasteiger partial charge in [0.2, 0.25) is 5.91 Å². The van der Waals surface area contributed by atoms with Gasteiger partial charge in [-0.15, -0.1) is 5.10 Å². The Hall–Kier alpha value is -1.96. The number of carbonyl (C=O) groups excluding carboxylic acids is 2. The lowest BCUT2D eigenvalue weighted by molar-refractivity contribution is -0.122. The first-order valence-electron chi connectivity index (χ1n) is 6.62. The van der Waals surface area contributed by atoms with Gasteiger partial charge in [0.25, 0.3) is 5.91 Å². The minimum absolute atomic E-state index is 0.168. The van der Waals surface area contributed by atoms with Crippen LogP contribution in [0.15, 0.2) is 6.20 Å². The molecule has 0 aliphatic rings. The summed E-state index contributed by atoms with van der Waals surface area (Å²) in [6, 6.07) is -0.624. The molecule has 0 bridgehead atoms. The third-order valence-electron chi connectivity index (χ3n) is 2.55. The van der Waals surface area contributed by atoms with E-state index in [0.717, 1.165) is 0 Å². The van der Waals surface area contributed by atoms with Crippen LogP contribution < -0.4 is 16.4 Å². The maximum atomic E-state index is 11.9. The normalized spacial score (nSPS) is 12.2. The molecule has 0 spiro atoms. The molecule has 1 atom stereocenters. The molecule has 2 amide bonds. The molecule has 8 heteroatoms. The zero-order valence-electron chi connectivity index (χ0n) is 12.1. The van der Waals surface area contributed by atoms with Crippen LogP contribution in [0.1, 0.15) is 31.3 Å². The summed E-state index contributed by atoms with van der Waals surface area (Å²) in [5.74, 6) is -0.292.